The third-order valence-corrected chi connectivity index (χ3v) is 14.3. The van der Waals surface area contributed by atoms with E-state index in [4.69, 9.17) is 0 Å². The van der Waals surface area contributed by atoms with Crippen LogP contribution in [0.2, 0.25) is 0 Å². The predicted molar refractivity (Wildman–Crippen MR) is 270 cm³/mol. The van der Waals surface area contributed by atoms with Crippen LogP contribution in [0.25, 0.3) is 82.7 Å². The highest BCUT2D eigenvalue weighted by Gasteiger charge is 2.42. The van der Waals surface area contributed by atoms with Crippen LogP contribution in [0.3, 0.4) is 0 Å². The third-order valence-electron chi connectivity index (χ3n) is 14.3. The van der Waals surface area contributed by atoms with E-state index in [2.05, 4.69) is 220 Å². The van der Waals surface area contributed by atoms with Gasteiger partial charge in [-0.05, 0) is 144 Å². The third kappa shape index (κ3) is 5.69. The SMILES string of the molecule is Cc1cc2c3c(c1)-n1c4ccc(-c5ccc(C(C)(C)C)cc5)cc4c4cc(-c5ccc(C(C)(C)C)cc5)cc(c41)B3n1c3ccc(C(C)(C)C)cc3c3cc(C(C)(C)C)cc-2c31. The molecule has 0 N–H and O–H groups in total. The van der Waals surface area contributed by atoms with Gasteiger partial charge in [0.2, 0.25) is 0 Å². The summed E-state index contributed by atoms with van der Waals surface area (Å²) >= 11 is 0. The van der Waals surface area contributed by atoms with Gasteiger partial charge in [-0.15, -0.1) is 0 Å². The Kier molecular flexibility index (Phi) is 7.98. The number of aromatic nitrogens is 2. The Morgan fingerprint density at radius 3 is 1.50 bits per heavy atom. The monoisotopic (exact) mass is 806 g/mol. The molecule has 0 saturated carbocycles. The van der Waals surface area contributed by atoms with Crippen molar-refractivity contribution in [3.05, 3.63) is 149 Å². The molecule has 4 heterocycles. The molecule has 0 amide bonds. The molecule has 7 aromatic carbocycles. The lowest BCUT2D eigenvalue weighted by Gasteiger charge is -2.35. The zero-order chi connectivity index (χ0) is 43.6. The smallest absolute Gasteiger partial charge is 0.333 e. The van der Waals surface area contributed by atoms with Gasteiger partial charge in [-0.1, -0.05) is 156 Å². The summed E-state index contributed by atoms with van der Waals surface area (Å²) in [4.78, 5) is 0. The van der Waals surface area contributed by atoms with Gasteiger partial charge in [0.15, 0.2) is 0 Å². The van der Waals surface area contributed by atoms with E-state index in [-0.39, 0.29) is 28.5 Å². The summed E-state index contributed by atoms with van der Waals surface area (Å²) in [6, 6.07) is 48.2. The van der Waals surface area contributed by atoms with Crippen molar-refractivity contribution >= 4 is 61.4 Å². The Balaban J connectivity index is 1.28. The van der Waals surface area contributed by atoms with Crippen molar-refractivity contribution < 1.29 is 0 Å². The van der Waals surface area contributed by atoms with Gasteiger partial charge in [-0.2, -0.15) is 0 Å². The molecule has 0 aliphatic carbocycles. The maximum absolute atomic E-state index is 2.74. The number of hydrogen-bond donors (Lipinski definition) is 0. The number of hydrogen-bond acceptors (Lipinski definition) is 0. The molecular weight excluding hydrogens is 747 g/mol. The first-order chi connectivity index (χ1) is 29.2. The average molecular weight is 807 g/mol. The Hall–Kier alpha value is -5.80. The standard InChI is InChI=1S/C59H59BN2/c1-34-26-45-48-33-42(59(11,12)13)32-47-44-31-41(58(8,9)10)23-25-51(44)62(54(47)48)60-49-30-38(36-16-21-40(22-17-36)57(5,6)7)29-46-43-28-37(35-14-19-39(20-15-35)56(2,3)4)18-24-50(43)61(55(46)49)52(27-34)53(45)60/h14-33H,1-13H3. The summed E-state index contributed by atoms with van der Waals surface area (Å²) in [5.74, 6) is 0. The number of benzene rings is 7. The number of rotatable bonds is 2. The summed E-state index contributed by atoms with van der Waals surface area (Å²) in [5, 5.41) is 5.32. The minimum Gasteiger partial charge on any atom is -0.375 e. The quantitative estimate of drug-likeness (QED) is 0.154. The zero-order valence-corrected chi connectivity index (χ0v) is 39.0. The van der Waals surface area contributed by atoms with E-state index in [1.54, 1.807) is 0 Å². The van der Waals surface area contributed by atoms with Crippen LogP contribution in [0.15, 0.2) is 121 Å². The fourth-order valence-corrected chi connectivity index (χ4v) is 10.8. The first kappa shape index (κ1) is 39.1. The fourth-order valence-electron chi connectivity index (χ4n) is 10.8. The lowest BCUT2D eigenvalue weighted by Crippen LogP contribution is -2.55. The highest BCUT2D eigenvalue weighted by Crippen LogP contribution is 2.47. The molecule has 0 spiro atoms. The molecule has 0 bridgehead atoms. The molecule has 62 heavy (non-hydrogen) atoms. The van der Waals surface area contributed by atoms with Crippen LogP contribution in [0.1, 0.15) is 111 Å². The maximum Gasteiger partial charge on any atom is 0.333 e. The highest BCUT2D eigenvalue weighted by molar-refractivity contribution is 6.90. The van der Waals surface area contributed by atoms with Gasteiger partial charge in [0.25, 0.3) is 0 Å². The average Bonchev–Trinajstić information content (AvgIpc) is 3.72. The number of fused-ring (bicyclic) bond motifs is 10. The minimum absolute atomic E-state index is 0.00778. The first-order valence-electron chi connectivity index (χ1n) is 22.8. The number of aryl methyl sites for hydroxylation is 1. The molecule has 0 fully saturated rings. The molecule has 2 aliphatic heterocycles. The van der Waals surface area contributed by atoms with E-state index in [0.717, 1.165) is 0 Å². The van der Waals surface area contributed by atoms with Crippen LogP contribution in [0.4, 0.5) is 0 Å². The van der Waals surface area contributed by atoms with Crippen molar-refractivity contribution in [3.63, 3.8) is 0 Å². The van der Waals surface area contributed by atoms with Crippen molar-refractivity contribution in [3.8, 4) is 39.1 Å². The Morgan fingerprint density at radius 2 is 0.887 bits per heavy atom. The Labute approximate surface area is 368 Å². The topological polar surface area (TPSA) is 9.86 Å². The molecule has 0 unspecified atom stereocenters. The molecule has 2 aliphatic rings. The summed E-state index contributed by atoms with van der Waals surface area (Å²) in [5.41, 5.74) is 24.0. The van der Waals surface area contributed by atoms with E-state index < -0.39 is 0 Å². The van der Waals surface area contributed by atoms with Crippen molar-refractivity contribution in [2.24, 2.45) is 0 Å². The largest absolute Gasteiger partial charge is 0.375 e. The predicted octanol–water partition coefficient (Wildman–Crippen LogP) is 14.7. The fraction of sp³-hybridized carbons (Fsp3) is 0.288. The minimum atomic E-state index is -0.0148. The molecule has 308 valence electrons. The molecule has 2 nitrogen and oxygen atoms in total. The van der Waals surface area contributed by atoms with Gasteiger partial charge < -0.3 is 9.05 Å². The van der Waals surface area contributed by atoms with Gasteiger partial charge >= 0.3 is 6.85 Å². The first-order valence-corrected chi connectivity index (χ1v) is 22.8. The molecule has 2 aromatic heterocycles. The normalized spacial score (nSPS) is 13.9. The van der Waals surface area contributed by atoms with Crippen LogP contribution in [0, 0.1) is 6.92 Å². The van der Waals surface area contributed by atoms with Gasteiger partial charge in [-0.3, -0.25) is 0 Å². The van der Waals surface area contributed by atoms with Crippen LogP contribution < -0.4 is 10.9 Å². The molecule has 0 atom stereocenters. The van der Waals surface area contributed by atoms with Crippen molar-refractivity contribution in [2.45, 2.75) is 112 Å². The van der Waals surface area contributed by atoms with Crippen LogP contribution >= 0.6 is 0 Å². The summed E-state index contributed by atoms with van der Waals surface area (Å²) < 4.78 is 5.37. The van der Waals surface area contributed by atoms with E-state index >= 15 is 0 Å². The van der Waals surface area contributed by atoms with Crippen LogP contribution in [-0.4, -0.2) is 15.9 Å². The Bertz CT molecular complexity index is 3360. The number of nitrogens with zero attached hydrogens (tertiary/aromatic N) is 2. The molecule has 9 aromatic rings. The lowest BCUT2D eigenvalue weighted by atomic mass is 9.45. The van der Waals surface area contributed by atoms with Crippen LogP contribution in [-0.2, 0) is 21.7 Å². The molecule has 0 saturated heterocycles. The van der Waals surface area contributed by atoms with Crippen molar-refractivity contribution in [1.82, 2.24) is 9.05 Å². The molecule has 3 heteroatoms. The lowest BCUT2D eigenvalue weighted by molar-refractivity contribution is 0.590. The second kappa shape index (κ2) is 12.7. The molecule has 0 radical (unpaired) electrons. The zero-order valence-electron chi connectivity index (χ0n) is 39.0. The van der Waals surface area contributed by atoms with E-state index in [1.807, 2.05) is 0 Å². The Morgan fingerprint density at radius 1 is 0.387 bits per heavy atom. The van der Waals surface area contributed by atoms with Gasteiger partial charge in [0, 0.05) is 43.8 Å². The van der Waals surface area contributed by atoms with E-state index in [0.29, 0.717) is 0 Å². The van der Waals surface area contributed by atoms with Gasteiger partial charge in [-0.25, -0.2) is 0 Å². The molecular formula is C59H59BN2. The second-order valence-electron chi connectivity index (χ2n) is 22.9. The van der Waals surface area contributed by atoms with E-state index in [1.165, 1.54) is 121 Å². The maximum atomic E-state index is 2.74. The van der Waals surface area contributed by atoms with E-state index in [9.17, 15) is 0 Å². The summed E-state index contributed by atoms with van der Waals surface area (Å²) in [7, 11) is 0. The van der Waals surface area contributed by atoms with Gasteiger partial charge in [0.05, 0.1) is 11.0 Å². The van der Waals surface area contributed by atoms with Gasteiger partial charge in [0.1, 0.15) is 0 Å². The van der Waals surface area contributed by atoms with Crippen molar-refractivity contribution in [2.75, 3.05) is 0 Å². The van der Waals surface area contributed by atoms with Crippen LogP contribution in [0.5, 0.6) is 0 Å². The summed E-state index contributed by atoms with van der Waals surface area (Å²) in [6.45, 7) is 30.2. The second-order valence-corrected chi connectivity index (χ2v) is 22.9. The molecule has 11 rings (SSSR count). The summed E-state index contributed by atoms with van der Waals surface area (Å²) in [6.07, 6.45) is 0. The van der Waals surface area contributed by atoms with Crippen molar-refractivity contribution in [1.29, 1.82) is 0 Å². The highest BCUT2D eigenvalue weighted by atomic mass is 15.0.